The van der Waals surface area contributed by atoms with Gasteiger partial charge in [0.05, 0.1) is 0 Å². The molecule has 0 aliphatic heterocycles. The van der Waals surface area contributed by atoms with E-state index in [4.69, 9.17) is 0 Å². The molecular weight excluding hydrogens is 268 g/mol. The van der Waals surface area contributed by atoms with E-state index < -0.39 is 0 Å². The summed E-state index contributed by atoms with van der Waals surface area (Å²) in [6.07, 6.45) is 0. The fraction of sp³-hybridized carbons (Fsp3) is 0.381. The first-order valence-electron chi connectivity index (χ1n) is 8.07. The van der Waals surface area contributed by atoms with Crippen LogP contribution in [0.1, 0.15) is 77.7 Å². The Morgan fingerprint density at radius 3 is 1.82 bits per heavy atom. The van der Waals surface area contributed by atoms with Crippen molar-refractivity contribution in [3.8, 4) is 0 Å². The van der Waals surface area contributed by atoms with Gasteiger partial charge >= 0.3 is 0 Å². The van der Waals surface area contributed by atoms with E-state index in [1.165, 1.54) is 22.3 Å². The lowest BCUT2D eigenvalue weighted by molar-refractivity contribution is 0.103. The van der Waals surface area contributed by atoms with Crippen LogP contribution >= 0.6 is 0 Å². The van der Waals surface area contributed by atoms with Crippen LogP contribution in [0.4, 0.5) is 0 Å². The molecule has 0 aliphatic rings. The van der Waals surface area contributed by atoms with Crippen LogP contribution in [-0.2, 0) is 0 Å². The van der Waals surface area contributed by atoms with Crippen LogP contribution in [0, 0.1) is 13.8 Å². The third-order valence-electron chi connectivity index (χ3n) is 4.32. The summed E-state index contributed by atoms with van der Waals surface area (Å²) >= 11 is 0. The fourth-order valence-corrected chi connectivity index (χ4v) is 3.04. The molecule has 0 radical (unpaired) electrons. The Balaban J connectivity index is 2.40. The monoisotopic (exact) mass is 294 g/mol. The molecule has 2 rings (SSSR count). The van der Waals surface area contributed by atoms with Gasteiger partial charge in [-0.1, -0.05) is 52.0 Å². The van der Waals surface area contributed by atoms with Crippen molar-refractivity contribution in [1.29, 1.82) is 0 Å². The lowest BCUT2D eigenvalue weighted by Gasteiger charge is -2.13. The molecule has 2 aromatic carbocycles. The third kappa shape index (κ3) is 3.30. The van der Waals surface area contributed by atoms with Gasteiger partial charge in [0.15, 0.2) is 5.78 Å². The number of rotatable bonds is 4. The van der Waals surface area contributed by atoms with Gasteiger partial charge in [-0.25, -0.2) is 0 Å². The van der Waals surface area contributed by atoms with Gasteiger partial charge in [-0.2, -0.15) is 0 Å². The first-order valence-corrected chi connectivity index (χ1v) is 8.07. The predicted octanol–water partition coefficient (Wildman–Crippen LogP) is 5.78. The maximum Gasteiger partial charge on any atom is 0.193 e. The minimum Gasteiger partial charge on any atom is -0.289 e. The third-order valence-corrected chi connectivity index (χ3v) is 4.32. The Hall–Kier alpha value is -1.89. The average Bonchev–Trinajstić information content (AvgIpc) is 2.46. The molecular formula is C21H26O. The number of ketones is 1. The van der Waals surface area contributed by atoms with E-state index in [-0.39, 0.29) is 5.78 Å². The molecule has 0 amide bonds. The highest BCUT2D eigenvalue weighted by molar-refractivity contribution is 6.09. The van der Waals surface area contributed by atoms with Gasteiger partial charge in [-0.05, 0) is 60.1 Å². The summed E-state index contributed by atoms with van der Waals surface area (Å²) in [5, 5.41) is 0. The van der Waals surface area contributed by atoms with E-state index in [0.29, 0.717) is 11.8 Å². The molecule has 2 aromatic rings. The van der Waals surface area contributed by atoms with Crippen LogP contribution < -0.4 is 0 Å². The first kappa shape index (κ1) is 16.5. The van der Waals surface area contributed by atoms with E-state index in [9.17, 15) is 4.79 Å². The van der Waals surface area contributed by atoms with Crippen molar-refractivity contribution < 1.29 is 4.79 Å². The summed E-state index contributed by atoms with van der Waals surface area (Å²) < 4.78 is 0. The van der Waals surface area contributed by atoms with E-state index in [2.05, 4.69) is 53.7 Å². The lowest BCUT2D eigenvalue weighted by Crippen LogP contribution is -2.05. The number of carbonyl (C=O) groups is 1. The van der Waals surface area contributed by atoms with Gasteiger partial charge in [0.2, 0.25) is 0 Å². The van der Waals surface area contributed by atoms with E-state index >= 15 is 0 Å². The van der Waals surface area contributed by atoms with Gasteiger partial charge in [0.1, 0.15) is 0 Å². The van der Waals surface area contributed by atoms with E-state index in [1.807, 2.05) is 24.3 Å². The molecule has 0 spiro atoms. The zero-order chi connectivity index (χ0) is 16.4. The van der Waals surface area contributed by atoms with Crippen molar-refractivity contribution in [2.45, 2.75) is 53.4 Å². The van der Waals surface area contributed by atoms with Crippen molar-refractivity contribution >= 4 is 5.78 Å². The molecule has 1 heteroatoms. The number of hydrogen-bond acceptors (Lipinski definition) is 1. The smallest absolute Gasteiger partial charge is 0.193 e. The fourth-order valence-electron chi connectivity index (χ4n) is 3.04. The standard InChI is InChI=1S/C21H26O/c1-13(2)19-10-9-17(11-16(19)6)21(22)18-8-7-15(5)20(12-18)14(3)4/h7-14H,1-6H3. The molecule has 0 saturated heterocycles. The summed E-state index contributed by atoms with van der Waals surface area (Å²) in [6.45, 7) is 12.9. The van der Waals surface area contributed by atoms with Crippen molar-refractivity contribution in [3.63, 3.8) is 0 Å². The summed E-state index contributed by atoms with van der Waals surface area (Å²) in [4.78, 5) is 12.8. The van der Waals surface area contributed by atoms with E-state index in [1.54, 1.807) is 0 Å². The quantitative estimate of drug-likeness (QED) is 0.653. The van der Waals surface area contributed by atoms with Gasteiger partial charge in [0, 0.05) is 11.1 Å². The van der Waals surface area contributed by atoms with Crippen molar-refractivity contribution in [1.82, 2.24) is 0 Å². The number of carbonyl (C=O) groups excluding carboxylic acids is 1. The van der Waals surface area contributed by atoms with Gasteiger partial charge < -0.3 is 0 Å². The van der Waals surface area contributed by atoms with Gasteiger partial charge in [-0.15, -0.1) is 0 Å². The summed E-state index contributed by atoms with van der Waals surface area (Å²) in [6, 6.07) is 12.1. The van der Waals surface area contributed by atoms with Crippen LogP contribution in [0.25, 0.3) is 0 Å². The van der Waals surface area contributed by atoms with Crippen LogP contribution in [0.5, 0.6) is 0 Å². The SMILES string of the molecule is Cc1cc(C(=O)c2ccc(C)c(C(C)C)c2)ccc1C(C)C. The summed E-state index contributed by atoms with van der Waals surface area (Å²) in [5.41, 5.74) is 6.56. The van der Waals surface area contributed by atoms with Crippen molar-refractivity contribution in [3.05, 3.63) is 69.8 Å². The highest BCUT2D eigenvalue weighted by Gasteiger charge is 2.14. The van der Waals surface area contributed by atoms with Crippen LogP contribution in [0.15, 0.2) is 36.4 Å². The van der Waals surface area contributed by atoms with Crippen LogP contribution in [0.3, 0.4) is 0 Å². The van der Waals surface area contributed by atoms with Crippen molar-refractivity contribution in [2.24, 2.45) is 0 Å². The maximum absolute atomic E-state index is 12.8. The van der Waals surface area contributed by atoms with Crippen LogP contribution in [-0.4, -0.2) is 5.78 Å². The highest BCUT2D eigenvalue weighted by Crippen LogP contribution is 2.24. The first-order chi connectivity index (χ1) is 10.3. The minimum atomic E-state index is 0.111. The number of benzene rings is 2. The zero-order valence-corrected chi connectivity index (χ0v) is 14.5. The minimum absolute atomic E-state index is 0.111. The summed E-state index contributed by atoms with van der Waals surface area (Å²) in [5.74, 6) is 1.02. The molecule has 0 N–H and O–H groups in total. The number of aryl methyl sites for hydroxylation is 2. The molecule has 1 nitrogen and oxygen atoms in total. The second-order valence-electron chi connectivity index (χ2n) is 6.78. The number of hydrogen-bond donors (Lipinski definition) is 0. The second-order valence-corrected chi connectivity index (χ2v) is 6.78. The Morgan fingerprint density at radius 2 is 1.27 bits per heavy atom. The predicted molar refractivity (Wildman–Crippen MR) is 94.0 cm³/mol. The molecule has 22 heavy (non-hydrogen) atoms. The molecule has 0 unspecified atom stereocenters. The van der Waals surface area contributed by atoms with E-state index in [0.717, 1.165) is 11.1 Å². The van der Waals surface area contributed by atoms with Gasteiger partial charge in [0.25, 0.3) is 0 Å². The Labute approximate surface area is 134 Å². The molecule has 0 aromatic heterocycles. The largest absolute Gasteiger partial charge is 0.289 e. The van der Waals surface area contributed by atoms with Crippen molar-refractivity contribution in [2.75, 3.05) is 0 Å². The second kappa shape index (κ2) is 6.48. The normalized spacial score (nSPS) is 11.3. The molecule has 116 valence electrons. The summed E-state index contributed by atoms with van der Waals surface area (Å²) in [7, 11) is 0. The van der Waals surface area contributed by atoms with Gasteiger partial charge in [-0.3, -0.25) is 4.79 Å². The van der Waals surface area contributed by atoms with Crippen LogP contribution in [0.2, 0.25) is 0 Å². The Bertz CT molecular complexity index is 693. The molecule has 0 atom stereocenters. The molecule has 0 fully saturated rings. The topological polar surface area (TPSA) is 17.1 Å². The Morgan fingerprint density at radius 1 is 0.727 bits per heavy atom. The molecule has 0 aliphatic carbocycles. The lowest BCUT2D eigenvalue weighted by atomic mass is 9.91. The molecule has 0 saturated carbocycles. The zero-order valence-electron chi connectivity index (χ0n) is 14.5. The molecule has 0 bridgehead atoms. The average molecular weight is 294 g/mol. The molecule has 0 heterocycles. The maximum atomic E-state index is 12.8. The highest BCUT2D eigenvalue weighted by atomic mass is 16.1. The Kier molecular flexibility index (Phi) is 4.85.